The molecular formula is C8H20N2. The maximum Gasteiger partial charge on any atom is 0.0823 e. The number of nitrogens with one attached hydrogen (secondary N) is 1. The summed E-state index contributed by atoms with van der Waals surface area (Å²) < 4.78 is 0. The van der Waals surface area contributed by atoms with Crippen molar-refractivity contribution in [2.45, 2.75) is 34.1 Å². The van der Waals surface area contributed by atoms with Crippen LogP contribution in [0.4, 0.5) is 0 Å². The molecule has 0 atom stereocenters. The van der Waals surface area contributed by atoms with Gasteiger partial charge in [0.1, 0.15) is 0 Å². The lowest BCUT2D eigenvalue weighted by atomic mass is 10.4. The monoisotopic (exact) mass is 144 g/mol. The zero-order valence-corrected chi connectivity index (χ0v) is 7.65. The molecule has 0 saturated heterocycles. The van der Waals surface area contributed by atoms with Crippen LogP contribution < -0.4 is 5.32 Å². The molecule has 0 amide bonds. The van der Waals surface area contributed by atoms with Crippen molar-refractivity contribution >= 4 is 6.34 Å². The summed E-state index contributed by atoms with van der Waals surface area (Å²) in [5.41, 5.74) is 0. The molecule has 1 N–H and O–H groups in total. The van der Waals surface area contributed by atoms with Crippen LogP contribution in [-0.2, 0) is 0 Å². The van der Waals surface area contributed by atoms with Gasteiger partial charge in [0.05, 0.1) is 6.34 Å². The predicted molar refractivity (Wildman–Crippen MR) is 48.7 cm³/mol. The van der Waals surface area contributed by atoms with Crippen LogP contribution in [-0.4, -0.2) is 19.4 Å². The van der Waals surface area contributed by atoms with E-state index >= 15 is 0 Å². The van der Waals surface area contributed by atoms with E-state index in [1.165, 1.54) is 6.42 Å². The van der Waals surface area contributed by atoms with E-state index in [0.717, 1.165) is 13.1 Å². The molecule has 0 saturated carbocycles. The topological polar surface area (TPSA) is 24.4 Å². The highest BCUT2D eigenvalue weighted by atomic mass is 15.0. The number of hydrogen-bond donors (Lipinski definition) is 1. The number of nitrogens with zero attached hydrogens (tertiary/aromatic N) is 1. The molecule has 1 heterocycles. The summed E-state index contributed by atoms with van der Waals surface area (Å²) in [5.74, 6) is 0. The van der Waals surface area contributed by atoms with E-state index in [-0.39, 0.29) is 0 Å². The van der Waals surface area contributed by atoms with Gasteiger partial charge in [0.2, 0.25) is 0 Å². The van der Waals surface area contributed by atoms with Crippen molar-refractivity contribution in [2.24, 2.45) is 4.99 Å². The van der Waals surface area contributed by atoms with Crippen LogP contribution in [0.5, 0.6) is 0 Å². The molecule has 0 bridgehead atoms. The van der Waals surface area contributed by atoms with E-state index in [2.05, 4.69) is 10.3 Å². The van der Waals surface area contributed by atoms with Crippen LogP contribution in [0.3, 0.4) is 0 Å². The Morgan fingerprint density at radius 2 is 1.80 bits per heavy atom. The van der Waals surface area contributed by atoms with Crippen LogP contribution in [0, 0.1) is 0 Å². The van der Waals surface area contributed by atoms with E-state index in [1.807, 2.05) is 27.7 Å². The van der Waals surface area contributed by atoms with Gasteiger partial charge in [-0.25, -0.2) is 0 Å². The van der Waals surface area contributed by atoms with E-state index in [4.69, 9.17) is 0 Å². The third-order valence-electron chi connectivity index (χ3n) is 0.791. The molecule has 2 nitrogen and oxygen atoms in total. The van der Waals surface area contributed by atoms with Crippen LogP contribution in [0.25, 0.3) is 0 Å². The molecule has 2 heteroatoms. The zero-order chi connectivity index (χ0) is 8.24. The second kappa shape index (κ2) is 15.8. The molecule has 10 heavy (non-hydrogen) atoms. The molecule has 1 rings (SSSR count). The molecule has 62 valence electrons. The average Bonchev–Trinajstić information content (AvgIpc) is 2.14. The number of rotatable bonds is 0. The number of hydrogen-bond acceptors (Lipinski definition) is 2. The zero-order valence-electron chi connectivity index (χ0n) is 7.65. The van der Waals surface area contributed by atoms with Crippen molar-refractivity contribution in [3.63, 3.8) is 0 Å². The number of aliphatic imine (C=N–C) groups is 1. The van der Waals surface area contributed by atoms with Crippen LogP contribution >= 0.6 is 0 Å². The molecule has 0 spiro atoms. The van der Waals surface area contributed by atoms with Crippen LogP contribution in [0.15, 0.2) is 4.99 Å². The first-order chi connectivity index (χ1) is 5.00. The Labute approximate surface area is 64.7 Å². The fourth-order valence-electron chi connectivity index (χ4n) is 0.466. The van der Waals surface area contributed by atoms with Gasteiger partial charge in [-0.2, -0.15) is 0 Å². The molecule has 1 aliphatic heterocycles. The SMILES string of the molecule is C1=NCCCN1.CC.CC. The molecule has 0 radical (unpaired) electrons. The van der Waals surface area contributed by atoms with Gasteiger partial charge >= 0.3 is 0 Å². The fourth-order valence-corrected chi connectivity index (χ4v) is 0.466. The molecule has 0 unspecified atom stereocenters. The largest absolute Gasteiger partial charge is 0.376 e. The Hall–Kier alpha value is -0.530. The van der Waals surface area contributed by atoms with Gasteiger partial charge in [-0.05, 0) is 6.42 Å². The second-order valence-electron chi connectivity index (χ2n) is 1.34. The summed E-state index contributed by atoms with van der Waals surface area (Å²) in [4.78, 5) is 3.94. The molecule has 0 fully saturated rings. The van der Waals surface area contributed by atoms with Gasteiger partial charge in [0.15, 0.2) is 0 Å². The summed E-state index contributed by atoms with van der Waals surface area (Å²) in [6.07, 6.45) is 2.96. The summed E-state index contributed by atoms with van der Waals surface area (Å²) >= 11 is 0. The third-order valence-corrected chi connectivity index (χ3v) is 0.791. The molecule has 0 aromatic carbocycles. The second-order valence-corrected chi connectivity index (χ2v) is 1.34. The highest BCUT2D eigenvalue weighted by Crippen LogP contribution is 1.79. The summed E-state index contributed by atoms with van der Waals surface area (Å²) in [6, 6.07) is 0. The first-order valence-electron chi connectivity index (χ1n) is 4.22. The van der Waals surface area contributed by atoms with E-state index in [9.17, 15) is 0 Å². The molecule has 0 aliphatic carbocycles. The Morgan fingerprint density at radius 3 is 1.90 bits per heavy atom. The van der Waals surface area contributed by atoms with Gasteiger partial charge in [0.25, 0.3) is 0 Å². The summed E-state index contributed by atoms with van der Waals surface area (Å²) in [5, 5.41) is 2.99. The summed E-state index contributed by atoms with van der Waals surface area (Å²) in [6.45, 7) is 10.1. The molecule has 0 aromatic heterocycles. The van der Waals surface area contributed by atoms with Crippen molar-refractivity contribution < 1.29 is 0 Å². The molecule has 0 aromatic rings. The smallest absolute Gasteiger partial charge is 0.0823 e. The minimum atomic E-state index is 1.01. The quantitative estimate of drug-likeness (QED) is 0.553. The van der Waals surface area contributed by atoms with Gasteiger partial charge in [-0.3, -0.25) is 4.99 Å². The van der Waals surface area contributed by atoms with Crippen molar-refractivity contribution in [2.75, 3.05) is 13.1 Å². The van der Waals surface area contributed by atoms with E-state index in [0.29, 0.717) is 0 Å². The minimum absolute atomic E-state index is 1.01. The van der Waals surface area contributed by atoms with Gasteiger partial charge in [0, 0.05) is 13.1 Å². The van der Waals surface area contributed by atoms with Crippen LogP contribution in [0.2, 0.25) is 0 Å². The summed E-state index contributed by atoms with van der Waals surface area (Å²) in [7, 11) is 0. The van der Waals surface area contributed by atoms with Gasteiger partial charge in [-0.15, -0.1) is 0 Å². The lowest BCUT2D eigenvalue weighted by molar-refractivity contribution is 0.755. The first kappa shape index (κ1) is 12.2. The first-order valence-corrected chi connectivity index (χ1v) is 4.22. The highest BCUT2D eigenvalue weighted by Gasteiger charge is 1.85. The lowest BCUT2D eigenvalue weighted by Gasteiger charge is -2.01. The molecule has 1 aliphatic rings. The average molecular weight is 144 g/mol. The fraction of sp³-hybridized carbons (Fsp3) is 0.875. The lowest BCUT2D eigenvalue weighted by Crippen LogP contribution is -2.17. The van der Waals surface area contributed by atoms with Gasteiger partial charge in [-0.1, -0.05) is 27.7 Å². The third kappa shape index (κ3) is 10.5. The predicted octanol–water partition coefficient (Wildman–Crippen LogP) is 2.06. The van der Waals surface area contributed by atoms with Gasteiger partial charge < -0.3 is 5.32 Å². The standard InChI is InChI=1S/C4H8N2.2C2H6/c1-2-5-4-6-3-1;2*1-2/h4H,1-3H2,(H,5,6);2*1-2H3. The van der Waals surface area contributed by atoms with E-state index in [1.54, 1.807) is 6.34 Å². The van der Waals surface area contributed by atoms with Crippen molar-refractivity contribution in [3.05, 3.63) is 0 Å². The van der Waals surface area contributed by atoms with Crippen molar-refractivity contribution in [1.82, 2.24) is 5.32 Å². The van der Waals surface area contributed by atoms with E-state index < -0.39 is 0 Å². The normalized spacial score (nSPS) is 13.2. The molecular weight excluding hydrogens is 124 g/mol. The van der Waals surface area contributed by atoms with Crippen molar-refractivity contribution in [1.29, 1.82) is 0 Å². The maximum absolute atomic E-state index is 3.94. The Bertz CT molecular complexity index is 52.3. The Morgan fingerprint density at radius 1 is 1.20 bits per heavy atom. The Kier molecular flexibility index (Phi) is 19.2. The Balaban J connectivity index is 0. The van der Waals surface area contributed by atoms with Crippen molar-refractivity contribution in [3.8, 4) is 0 Å². The highest BCUT2D eigenvalue weighted by molar-refractivity contribution is 5.54. The maximum atomic E-state index is 3.94. The van der Waals surface area contributed by atoms with Crippen LogP contribution in [0.1, 0.15) is 34.1 Å². The minimum Gasteiger partial charge on any atom is -0.376 e.